The second kappa shape index (κ2) is 10.0. The molecule has 2 heterocycles. The van der Waals surface area contributed by atoms with Crippen molar-refractivity contribution in [3.63, 3.8) is 0 Å². The van der Waals surface area contributed by atoms with Crippen molar-refractivity contribution < 1.29 is 9.59 Å². The van der Waals surface area contributed by atoms with Crippen molar-refractivity contribution in [3.8, 4) is 11.4 Å². The number of rotatable bonds is 8. The summed E-state index contributed by atoms with van der Waals surface area (Å²) >= 11 is 0. The Labute approximate surface area is 186 Å². The molecule has 3 aromatic rings. The number of nitrogens with zero attached hydrogens (tertiary/aromatic N) is 5. The number of nitrogens with two attached hydrogens (primary N) is 1. The van der Waals surface area contributed by atoms with E-state index in [4.69, 9.17) is 5.73 Å². The maximum absolute atomic E-state index is 12.3. The first-order chi connectivity index (χ1) is 15.6. The summed E-state index contributed by atoms with van der Waals surface area (Å²) in [5.41, 5.74) is 8.16. The molecule has 1 fully saturated rings. The number of piperidine rings is 1. The Morgan fingerprint density at radius 2 is 1.75 bits per heavy atom. The fraction of sp³-hybridized carbons (Fsp3) is 0.348. The van der Waals surface area contributed by atoms with Gasteiger partial charge in [-0.15, -0.1) is 10.2 Å². The summed E-state index contributed by atoms with van der Waals surface area (Å²) in [6.07, 6.45) is 2.54. The number of carbonyl (C=O) groups is 2. The number of tetrazole rings is 1. The van der Waals surface area contributed by atoms with Crippen LogP contribution in [0.1, 0.15) is 25.7 Å². The van der Waals surface area contributed by atoms with Gasteiger partial charge in [-0.25, -0.2) is 0 Å². The molecule has 0 radical (unpaired) electrons. The van der Waals surface area contributed by atoms with Gasteiger partial charge < -0.3 is 16.0 Å². The van der Waals surface area contributed by atoms with Crippen molar-refractivity contribution in [3.05, 3.63) is 54.6 Å². The average molecular weight is 434 g/mol. The number of aromatic nitrogens is 4. The van der Waals surface area contributed by atoms with Gasteiger partial charge in [-0.1, -0.05) is 30.3 Å². The summed E-state index contributed by atoms with van der Waals surface area (Å²) in [7, 11) is 0. The number of carbonyl (C=O) groups excluding carboxylic acids is 2. The highest BCUT2D eigenvalue weighted by Crippen LogP contribution is 2.24. The largest absolute Gasteiger partial charge is 0.371 e. The number of nitrogens with one attached hydrogen (secondary N) is 1. The highest BCUT2D eigenvalue weighted by molar-refractivity contribution is 5.90. The Morgan fingerprint density at radius 3 is 2.44 bits per heavy atom. The highest BCUT2D eigenvalue weighted by Gasteiger charge is 2.23. The smallest absolute Gasteiger partial charge is 0.224 e. The number of anilines is 2. The summed E-state index contributed by atoms with van der Waals surface area (Å²) in [6, 6.07) is 17.4. The molecule has 32 heavy (non-hydrogen) atoms. The van der Waals surface area contributed by atoms with Gasteiger partial charge >= 0.3 is 0 Å². The summed E-state index contributed by atoms with van der Waals surface area (Å²) in [6.45, 7) is 2.14. The Balaban J connectivity index is 1.21. The van der Waals surface area contributed by atoms with Crippen LogP contribution in [-0.2, 0) is 16.1 Å². The zero-order valence-electron chi connectivity index (χ0n) is 17.9. The zero-order chi connectivity index (χ0) is 22.3. The van der Waals surface area contributed by atoms with Gasteiger partial charge in [0.25, 0.3) is 0 Å². The van der Waals surface area contributed by atoms with E-state index in [9.17, 15) is 9.59 Å². The molecule has 3 N–H and O–H groups in total. The second-order valence-corrected chi connectivity index (χ2v) is 7.94. The third kappa shape index (κ3) is 5.48. The predicted octanol–water partition coefficient (Wildman–Crippen LogP) is 2.46. The van der Waals surface area contributed by atoms with Crippen LogP contribution in [0.2, 0.25) is 0 Å². The molecule has 9 heteroatoms. The summed E-state index contributed by atoms with van der Waals surface area (Å²) in [5.74, 6) is 0.291. The van der Waals surface area contributed by atoms with Crippen LogP contribution in [0.25, 0.3) is 11.4 Å². The molecule has 2 amide bonds. The third-order valence-corrected chi connectivity index (χ3v) is 5.66. The van der Waals surface area contributed by atoms with Gasteiger partial charge in [-0.05, 0) is 48.7 Å². The molecular weight excluding hydrogens is 406 g/mol. The quantitative estimate of drug-likeness (QED) is 0.563. The molecule has 0 bridgehead atoms. The molecule has 0 unspecified atom stereocenters. The molecule has 1 aliphatic heterocycles. The first kappa shape index (κ1) is 21.5. The molecule has 166 valence electrons. The molecule has 1 aliphatic rings. The predicted molar refractivity (Wildman–Crippen MR) is 122 cm³/mol. The minimum Gasteiger partial charge on any atom is -0.371 e. The summed E-state index contributed by atoms with van der Waals surface area (Å²) in [4.78, 5) is 27.4. The van der Waals surface area contributed by atoms with Gasteiger partial charge in [0, 0.05) is 42.4 Å². The number of benzene rings is 2. The molecule has 1 aromatic heterocycles. The summed E-state index contributed by atoms with van der Waals surface area (Å²) in [5, 5.41) is 15.4. The standard InChI is InChI=1S/C23H27N7O2/c24-22(32)17-12-15-29(16-13-17)20-10-8-19(9-11-20)25-21(31)7-4-14-30-27-23(26-28-30)18-5-2-1-3-6-18/h1-3,5-6,8-11,17H,4,7,12-16H2,(H2,24,32)(H,25,31). The Morgan fingerprint density at radius 1 is 1.03 bits per heavy atom. The van der Waals surface area contributed by atoms with Crippen molar-refractivity contribution in [2.24, 2.45) is 11.7 Å². The monoisotopic (exact) mass is 433 g/mol. The normalized spacial score (nSPS) is 14.3. The van der Waals surface area contributed by atoms with Crippen LogP contribution in [0.3, 0.4) is 0 Å². The third-order valence-electron chi connectivity index (χ3n) is 5.66. The van der Waals surface area contributed by atoms with Gasteiger partial charge in [0.15, 0.2) is 0 Å². The molecular formula is C23H27N7O2. The number of amides is 2. The van der Waals surface area contributed by atoms with Gasteiger partial charge in [-0.2, -0.15) is 4.80 Å². The van der Waals surface area contributed by atoms with Crippen LogP contribution in [0, 0.1) is 5.92 Å². The Kier molecular flexibility index (Phi) is 6.74. The molecule has 4 rings (SSSR count). The maximum atomic E-state index is 12.3. The number of hydrogen-bond acceptors (Lipinski definition) is 6. The van der Waals surface area contributed by atoms with Crippen molar-refractivity contribution in [2.45, 2.75) is 32.2 Å². The van der Waals surface area contributed by atoms with E-state index in [2.05, 4.69) is 25.6 Å². The van der Waals surface area contributed by atoms with Gasteiger partial charge in [-0.3, -0.25) is 9.59 Å². The average Bonchev–Trinajstić information content (AvgIpc) is 3.29. The second-order valence-electron chi connectivity index (χ2n) is 7.94. The molecule has 1 saturated heterocycles. The number of hydrogen-bond donors (Lipinski definition) is 2. The lowest BCUT2D eigenvalue weighted by atomic mass is 9.96. The van der Waals surface area contributed by atoms with E-state index in [0.29, 0.717) is 25.2 Å². The Hall–Kier alpha value is -3.75. The first-order valence-electron chi connectivity index (χ1n) is 10.9. The van der Waals surface area contributed by atoms with Crippen LogP contribution < -0.4 is 16.0 Å². The van der Waals surface area contributed by atoms with Crippen molar-refractivity contribution >= 4 is 23.2 Å². The first-order valence-corrected chi connectivity index (χ1v) is 10.9. The Bertz CT molecular complexity index is 1040. The minimum absolute atomic E-state index is 0.0255. The minimum atomic E-state index is -0.209. The fourth-order valence-corrected chi connectivity index (χ4v) is 3.82. The molecule has 0 atom stereocenters. The van der Waals surface area contributed by atoms with E-state index in [1.165, 1.54) is 4.80 Å². The van der Waals surface area contributed by atoms with Crippen LogP contribution in [0.15, 0.2) is 54.6 Å². The van der Waals surface area contributed by atoms with E-state index in [1.807, 2.05) is 54.6 Å². The van der Waals surface area contributed by atoms with Crippen molar-refractivity contribution in [1.29, 1.82) is 0 Å². The lowest BCUT2D eigenvalue weighted by Gasteiger charge is -2.32. The number of aryl methyl sites for hydroxylation is 1. The molecule has 0 saturated carbocycles. The van der Waals surface area contributed by atoms with E-state index < -0.39 is 0 Å². The van der Waals surface area contributed by atoms with E-state index in [0.717, 1.165) is 42.9 Å². The van der Waals surface area contributed by atoms with E-state index in [1.54, 1.807) is 0 Å². The summed E-state index contributed by atoms with van der Waals surface area (Å²) < 4.78 is 0. The van der Waals surface area contributed by atoms with Crippen molar-refractivity contribution in [1.82, 2.24) is 20.2 Å². The van der Waals surface area contributed by atoms with Crippen LogP contribution in [0.4, 0.5) is 11.4 Å². The van der Waals surface area contributed by atoms with Crippen LogP contribution in [0.5, 0.6) is 0 Å². The zero-order valence-corrected chi connectivity index (χ0v) is 17.9. The topological polar surface area (TPSA) is 119 Å². The van der Waals surface area contributed by atoms with Crippen molar-refractivity contribution in [2.75, 3.05) is 23.3 Å². The lowest BCUT2D eigenvalue weighted by molar-refractivity contribution is -0.122. The highest BCUT2D eigenvalue weighted by atomic mass is 16.2. The number of primary amides is 1. The van der Waals surface area contributed by atoms with Crippen LogP contribution in [-0.4, -0.2) is 45.1 Å². The molecule has 0 aliphatic carbocycles. The maximum Gasteiger partial charge on any atom is 0.224 e. The fourth-order valence-electron chi connectivity index (χ4n) is 3.82. The molecule has 0 spiro atoms. The SMILES string of the molecule is NC(=O)C1CCN(c2ccc(NC(=O)CCCn3nnc(-c4ccccc4)n3)cc2)CC1. The van der Waals surface area contributed by atoms with Gasteiger partial charge in [0.05, 0.1) is 6.54 Å². The van der Waals surface area contributed by atoms with E-state index >= 15 is 0 Å². The molecule has 2 aromatic carbocycles. The van der Waals surface area contributed by atoms with Gasteiger partial charge in [0.2, 0.25) is 17.6 Å². The lowest BCUT2D eigenvalue weighted by Crippen LogP contribution is -2.38. The molecule has 9 nitrogen and oxygen atoms in total. The van der Waals surface area contributed by atoms with Gasteiger partial charge in [0.1, 0.15) is 0 Å². The van der Waals surface area contributed by atoms with Crippen LogP contribution >= 0.6 is 0 Å². The van der Waals surface area contributed by atoms with E-state index in [-0.39, 0.29) is 17.7 Å².